The maximum atomic E-state index is 11.0. The van der Waals surface area contributed by atoms with Gasteiger partial charge >= 0.3 is 5.97 Å². The molecule has 0 radical (unpaired) electrons. The van der Waals surface area contributed by atoms with Crippen molar-refractivity contribution >= 4 is 5.97 Å². The van der Waals surface area contributed by atoms with Crippen LogP contribution in [0.5, 0.6) is 0 Å². The number of methoxy groups -OCH3 is 1. The van der Waals surface area contributed by atoms with Crippen molar-refractivity contribution in [1.82, 2.24) is 0 Å². The van der Waals surface area contributed by atoms with E-state index in [1.54, 1.807) is 0 Å². The Morgan fingerprint density at radius 2 is 2.40 bits per heavy atom. The van der Waals surface area contributed by atoms with Gasteiger partial charge in [-0.25, -0.2) is 0 Å². The molecule has 1 rings (SSSR count). The molecule has 0 aromatic carbocycles. The molecular formula is C10H18O5. The second-order valence-corrected chi connectivity index (χ2v) is 3.79. The predicted molar refractivity (Wildman–Crippen MR) is 52.2 cm³/mol. The lowest BCUT2D eigenvalue weighted by Gasteiger charge is -2.22. The van der Waals surface area contributed by atoms with Crippen LogP contribution >= 0.6 is 0 Å². The van der Waals surface area contributed by atoms with Gasteiger partial charge in [-0.15, -0.1) is 0 Å². The van der Waals surface area contributed by atoms with Crippen molar-refractivity contribution in [2.24, 2.45) is 0 Å². The van der Waals surface area contributed by atoms with Crippen molar-refractivity contribution < 1.29 is 24.1 Å². The molecule has 5 nitrogen and oxygen atoms in total. The van der Waals surface area contributed by atoms with Gasteiger partial charge < -0.3 is 19.3 Å². The molecule has 0 aromatic heterocycles. The summed E-state index contributed by atoms with van der Waals surface area (Å²) in [6.45, 7) is 2.33. The first-order valence-electron chi connectivity index (χ1n) is 5.09. The Kier molecular flexibility index (Phi) is 4.50. The third-order valence-corrected chi connectivity index (χ3v) is 2.40. The molecule has 5 heteroatoms. The van der Waals surface area contributed by atoms with E-state index in [1.807, 2.05) is 6.92 Å². The number of esters is 1. The van der Waals surface area contributed by atoms with Gasteiger partial charge in [-0.2, -0.15) is 0 Å². The smallest absolute Gasteiger partial charge is 0.308 e. The van der Waals surface area contributed by atoms with Gasteiger partial charge in [0.25, 0.3) is 0 Å². The normalized spacial score (nSPS) is 30.5. The quantitative estimate of drug-likeness (QED) is 0.679. The highest BCUT2D eigenvalue weighted by Gasteiger charge is 2.37. The Morgan fingerprint density at radius 3 is 3.00 bits per heavy atom. The van der Waals surface area contributed by atoms with Crippen LogP contribution < -0.4 is 0 Å². The molecule has 0 spiro atoms. The molecule has 1 aliphatic heterocycles. The van der Waals surface area contributed by atoms with Crippen LogP contribution in [-0.2, 0) is 19.0 Å². The summed E-state index contributed by atoms with van der Waals surface area (Å²) in [5.74, 6) is -0.962. The largest absolute Gasteiger partial charge is 0.469 e. The molecule has 2 atom stereocenters. The average Bonchev–Trinajstić information content (AvgIpc) is 2.58. The maximum absolute atomic E-state index is 11.0. The van der Waals surface area contributed by atoms with Crippen LogP contribution in [0, 0.1) is 0 Å². The zero-order valence-electron chi connectivity index (χ0n) is 9.19. The first-order chi connectivity index (χ1) is 7.09. The second kappa shape index (κ2) is 5.44. The topological polar surface area (TPSA) is 65.0 Å². The number of hydrogen-bond acceptors (Lipinski definition) is 5. The Labute approximate surface area is 89.3 Å². The fourth-order valence-electron chi connectivity index (χ4n) is 1.59. The van der Waals surface area contributed by atoms with Crippen molar-refractivity contribution in [3.05, 3.63) is 0 Å². The minimum Gasteiger partial charge on any atom is -0.469 e. The summed E-state index contributed by atoms with van der Waals surface area (Å²) in [5.41, 5.74) is 0. The molecule has 0 saturated carbocycles. The molecule has 1 saturated heterocycles. The molecule has 0 aromatic rings. The van der Waals surface area contributed by atoms with Crippen LogP contribution in [0.2, 0.25) is 0 Å². The van der Waals surface area contributed by atoms with Gasteiger partial charge in [0, 0.05) is 13.0 Å². The fraction of sp³-hybridized carbons (Fsp3) is 0.900. The van der Waals surface area contributed by atoms with E-state index in [2.05, 4.69) is 4.74 Å². The molecule has 88 valence electrons. The van der Waals surface area contributed by atoms with Crippen molar-refractivity contribution in [3.8, 4) is 0 Å². The van der Waals surface area contributed by atoms with Gasteiger partial charge in [0.15, 0.2) is 5.79 Å². The molecule has 1 N–H and O–H groups in total. The molecule has 0 aliphatic carbocycles. The highest BCUT2D eigenvalue weighted by molar-refractivity contribution is 5.69. The number of carbonyl (C=O) groups is 1. The minimum absolute atomic E-state index is 0.115. The summed E-state index contributed by atoms with van der Waals surface area (Å²) < 4.78 is 15.6. The highest BCUT2D eigenvalue weighted by atomic mass is 16.7. The SMILES string of the molecule is COC(=O)CC1COC(C)(CCCO)O1. The molecule has 1 heterocycles. The monoisotopic (exact) mass is 218 g/mol. The summed E-state index contributed by atoms with van der Waals surface area (Å²) in [6.07, 6.45) is 1.23. The maximum Gasteiger partial charge on any atom is 0.308 e. The number of aliphatic hydroxyl groups is 1. The summed E-state index contributed by atoms with van der Waals surface area (Å²) in [5, 5.41) is 8.71. The number of aliphatic hydroxyl groups excluding tert-OH is 1. The van der Waals surface area contributed by atoms with E-state index in [9.17, 15) is 4.79 Å². The van der Waals surface area contributed by atoms with E-state index in [0.717, 1.165) is 0 Å². The van der Waals surface area contributed by atoms with Crippen molar-refractivity contribution in [2.45, 2.75) is 38.1 Å². The van der Waals surface area contributed by atoms with Crippen LogP contribution in [0.1, 0.15) is 26.2 Å². The first kappa shape index (κ1) is 12.4. The molecule has 0 amide bonds. The first-order valence-corrected chi connectivity index (χ1v) is 5.09. The van der Waals surface area contributed by atoms with Crippen LogP contribution in [0.3, 0.4) is 0 Å². The lowest BCUT2D eigenvalue weighted by molar-refractivity contribution is -0.165. The zero-order chi connectivity index (χ0) is 11.3. The van der Waals surface area contributed by atoms with Crippen LogP contribution in [-0.4, -0.2) is 43.3 Å². The Morgan fingerprint density at radius 1 is 1.67 bits per heavy atom. The second-order valence-electron chi connectivity index (χ2n) is 3.79. The Bertz CT molecular complexity index is 218. The predicted octanol–water partition coefficient (Wildman–Crippen LogP) is 0.454. The molecule has 0 bridgehead atoms. The fourth-order valence-corrected chi connectivity index (χ4v) is 1.59. The van der Waals surface area contributed by atoms with E-state index in [0.29, 0.717) is 19.4 Å². The van der Waals surface area contributed by atoms with Gasteiger partial charge in [-0.1, -0.05) is 0 Å². The van der Waals surface area contributed by atoms with E-state index in [1.165, 1.54) is 7.11 Å². The van der Waals surface area contributed by atoms with Gasteiger partial charge in [-0.3, -0.25) is 4.79 Å². The summed E-state index contributed by atoms with van der Waals surface area (Å²) >= 11 is 0. The summed E-state index contributed by atoms with van der Waals surface area (Å²) in [7, 11) is 1.35. The molecule has 15 heavy (non-hydrogen) atoms. The van der Waals surface area contributed by atoms with Gasteiger partial charge in [0.2, 0.25) is 0 Å². The molecule has 2 unspecified atom stereocenters. The van der Waals surface area contributed by atoms with Crippen LogP contribution in [0.15, 0.2) is 0 Å². The lowest BCUT2D eigenvalue weighted by Crippen LogP contribution is -2.27. The third-order valence-electron chi connectivity index (χ3n) is 2.40. The van der Waals surface area contributed by atoms with Gasteiger partial charge in [0.05, 0.1) is 26.2 Å². The van der Waals surface area contributed by atoms with Crippen LogP contribution in [0.4, 0.5) is 0 Å². The Balaban J connectivity index is 2.33. The highest BCUT2D eigenvalue weighted by Crippen LogP contribution is 2.29. The number of rotatable bonds is 5. The van der Waals surface area contributed by atoms with E-state index >= 15 is 0 Å². The van der Waals surface area contributed by atoms with Crippen molar-refractivity contribution in [2.75, 3.05) is 20.3 Å². The molecular weight excluding hydrogens is 200 g/mol. The summed E-state index contributed by atoms with van der Waals surface area (Å²) in [6, 6.07) is 0. The molecule has 1 fully saturated rings. The van der Waals surface area contributed by atoms with Crippen LogP contribution in [0.25, 0.3) is 0 Å². The average molecular weight is 218 g/mol. The zero-order valence-corrected chi connectivity index (χ0v) is 9.19. The summed E-state index contributed by atoms with van der Waals surface area (Å²) in [4.78, 5) is 11.0. The standard InChI is InChI=1S/C10H18O5/c1-10(4-3-5-11)14-7-8(15-10)6-9(12)13-2/h8,11H,3-7H2,1-2H3. The van der Waals surface area contributed by atoms with E-state index < -0.39 is 5.79 Å². The lowest BCUT2D eigenvalue weighted by atomic mass is 10.2. The minimum atomic E-state index is -0.665. The van der Waals surface area contributed by atoms with Crippen molar-refractivity contribution in [3.63, 3.8) is 0 Å². The van der Waals surface area contributed by atoms with Gasteiger partial charge in [-0.05, 0) is 13.3 Å². The number of ether oxygens (including phenoxy) is 3. The number of carbonyl (C=O) groups excluding carboxylic acids is 1. The van der Waals surface area contributed by atoms with Crippen molar-refractivity contribution in [1.29, 1.82) is 0 Å². The number of hydrogen-bond donors (Lipinski definition) is 1. The molecule has 1 aliphatic rings. The Hall–Kier alpha value is -0.650. The van der Waals surface area contributed by atoms with E-state index in [4.69, 9.17) is 14.6 Å². The van der Waals surface area contributed by atoms with E-state index in [-0.39, 0.29) is 25.1 Å². The van der Waals surface area contributed by atoms with Gasteiger partial charge in [0.1, 0.15) is 0 Å². The third kappa shape index (κ3) is 3.77.